The lowest BCUT2D eigenvalue weighted by Crippen LogP contribution is -2.64. The van der Waals surface area contributed by atoms with E-state index in [0.29, 0.717) is 19.4 Å². The lowest BCUT2D eigenvalue weighted by Gasteiger charge is -2.58. The van der Waals surface area contributed by atoms with Crippen LogP contribution in [0.4, 0.5) is 5.69 Å². The molecule has 6 atom stereocenters. The molecule has 3 aliphatic rings. The second-order valence-corrected chi connectivity index (χ2v) is 16.4. The summed E-state index contributed by atoms with van der Waals surface area (Å²) in [5.74, 6) is 1.07. The van der Waals surface area contributed by atoms with E-state index in [-0.39, 0.29) is 54.6 Å². The Kier molecular flexibility index (Phi) is 14.4. The topological polar surface area (TPSA) is 119 Å². The Morgan fingerprint density at radius 2 is 1.71 bits per heavy atom. The van der Waals surface area contributed by atoms with Crippen LogP contribution in [0.1, 0.15) is 70.3 Å². The lowest BCUT2D eigenvalue weighted by molar-refractivity contribution is -0.223. The first-order valence-electron chi connectivity index (χ1n) is 19.4. The third kappa shape index (κ3) is 9.46. The monoisotopic (exact) mass is 786 g/mol. The van der Waals surface area contributed by atoms with Crippen LogP contribution in [0.5, 0.6) is 17.2 Å². The molecule has 6 unspecified atom stereocenters. The van der Waals surface area contributed by atoms with Crippen LogP contribution in [-0.2, 0) is 14.4 Å². The largest absolute Gasteiger partial charge is 0.460 e. The van der Waals surface area contributed by atoms with Gasteiger partial charge in [-0.3, -0.25) is 4.79 Å². The molecule has 1 heterocycles. The van der Waals surface area contributed by atoms with Crippen molar-refractivity contribution in [2.45, 2.75) is 85.5 Å². The summed E-state index contributed by atoms with van der Waals surface area (Å²) in [5.41, 5.74) is 3.76. The molecule has 0 aromatic heterocycles. The van der Waals surface area contributed by atoms with Crippen LogP contribution in [0.25, 0.3) is 0 Å². The number of aliphatic hydroxyl groups is 2. The van der Waals surface area contributed by atoms with Crippen molar-refractivity contribution in [2.75, 3.05) is 38.0 Å². The fourth-order valence-electron chi connectivity index (χ4n) is 8.39. The maximum atomic E-state index is 11.8. The number of fused-ring (bicyclic) bond motifs is 2. The van der Waals surface area contributed by atoms with E-state index < -0.39 is 5.79 Å². The van der Waals surface area contributed by atoms with E-state index in [0.717, 1.165) is 76.8 Å². The van der Waals surface area contributed by atoms with Crippen LogP contribution >= 0.6 is 23.5 Å². The molecule has 294 valence electrons. The van der Waals surface area contributed by atoms with E-state index >= 15 is 0 Å². The van der Waals surface area contributed by atoms with Gasteiger partial charge in [-0.05, 0) is 123 Å². The van der Waals surface area contributed by atoms with E-state index in [1.165, 1.54) is 11.8 Å². The van der Waals surface area contributed by atoms with Gasteiger partial charge in [-0.1, -0.05) is 30.1 Å². The van der Waals surface area contributed by atoms with Gasteiger partial charge in [-0.15, -0.1) is 30.1 Å². The van der Waals surface area contributed by atoms with Gasteiger partial charge in [0.1, 0.15) is 23.9 Å². The van der Waals surface area contributed by atoms with Crippen LogP contribution in [0.3, 0.4) is 0 Å². The number of aliphatic hydroxyl groups excluding tert-OH is 2. The summed E-state index contributed by atoms with van der Waals surface area (Å²) in [4.78, 5) is 19.8. The summed E-state index contributed by atoms with van der Waals surface area (Å²) >= 11 is 3.37. The van der Waals surface area contributed by atoms with Gasteiger partial charge in [0.25, 0.3) is 0 Å². The highest BCUT2D eigenvalue weighted by Gasteiger charge is 2.64. The van der Waals surface area contributed by atoms with E-state index in [4.69, 9.17) is 24.2 Å². The molecule has 0 bridgehead atoms. The van der Waals surface area contributed by atoms with Crippen LogP contribution in [-0.4, -0.2) is 65.6 Å². The number of carbonyl (C=O) groups is 1. The predicted molar refractivity (Wildman–Crippen MR) is 221 cm³/mol. The number of rotatable bonds is 19. The summed E-state index contributed by atoms with van der Waals surface area (Å²) in [6.45, 7) is 8.49. The molecule has 1 fully saturated rings. The molecule has 0 saturated heterocycles. The van der Waals surface area contributed by atoms with E-state index in [1.807, 2.05) is 55.5 Å². The summed E-state index contributed by atoms with van der Waals surface area (Å²) in [6, 6.07) is 22.1. The average molecular weight is 787 g/mol. The molecule has 1 amide bonds. The zero-order valence-electron chi connectivity index (χ0n) is 32.1. The highest BCUT2D eigenvalue weighted by molar-refractivity contribution is 8.00. The van der Waals surface area contributed by atoms with Crippen LogP contribution in [0.15, 0.2) is 106 Å². The number of nitrogens with zero attached hydrogens (tertiary/aromatic N) is 1. The molecule has 1 aliphatic heterocycles. The SMILES string of the molecule is C=CCOC12Oc3ccc(Oc4ccc(SC)cc4)cc3C3C(CCCCO)C(CCCCO)C=C(C(=NOCC)CC1Sc1ccc(NC(C)=O)cc1)C32. The van der Waals surface area contributed by atoms with Crippen molar-refractivity contribution in [2.24, 2.45) is 22.9 Å². The number of nitrogens with one attached hydrogen (secondary N) is 1. The molecule has 0 spiro atoms. The molecule has 6 rings (SSSR count). The number of carbonyl (C=O) groups excluding carboxylic acids is 1. The Morgan fingerprint density at radius 3 is 2.38 bits per heavy atom. The van der Waals surface area contributed by atoms with Gasteiger partial charge < -0.3 is 34.6 Å². The third-order valence-electron chi connectivity index (χ3n) is 10.7. The molecule has 2 aliphatic carbocycles. The minimum Gasteiger partial charge on any atom is -0.460 e. The zero-order valence-corrected chi connectivity index (χ0v) is 33.7. The van der Waals surface area contributed by atoms with Crippen molar-refractivity contribution in [3.63, 3.8) is 0 Å². The quantitative estimate of drug-likeness (QED) is 0.0473. The normalized spacial score (nSPS) is 24.6. The number of amides is 1. The Morgan fingerprint density at radius 1 is 1.00 bits per heavy atom. The second kappa shape index (κ2) is 19.4. The smallest absolute Gasteiger partial charge is 0.231 e. The van der Waals surface area contributed by atoms with E-state index in [9.17, 15) is 15.0 Å². The fourth-order valence-corrected chi connectivity index (χ4v) is 10.1. The Labute approximate surface area is 333 Å². The molecule has 3 N–H and O–H groups in total. The molecule has 3 aromatic rings. The Hall–Kier alpha value is -3.74. The molecule has 3 aromatic carbocycles. The van der Waals surface area contributed by atoms with Gasteiger partial charge in [0.15, 0.2) is 0 Å². The first kappa shape index (κ1) is 40.9. The first-order chi connectivity index (χ1) is 26.8. The minimum atomic E-state index is -1.11. The van der Waals surface area contributed by atoms with Crippen LogP contribution in [0.2, 0.25) is 0 Å². The number of ether oxygens (including phenoxy) is 3. The maximum Gasteiger partial charge on any atom is 0.231 e. The average Bonchev–Trinajstić information content (AvgIpc) is 3.19. The summed E-state index contributed by atoms with van der Waals surface area (Å²) < 4.78 is 20.8. The highest BCUT2D eigenvalue weighted by atomic mass is 32.2. The first-order valence-corrected chi connectivity index (χ1v) is 21.5. The number of benzene rings is 3. The van der Waals surface area contributed by atoms with Gasteiger partial charge in [0, 0.05) is 53.5 Å². The highest BCUT2D eigenvalue weighted by Crippen LogP contribution is 2.63. The number of unbranched alkanes of at least 4 members (excludes halogenated alkanes) is 2. The Bertz CT molecular complexity index is 1820. The predicted octanol–water partition coefficient (Wildman–Crippen LogP) is 9.61. The summed E-state index contributed by atoms with van der Waals surface area (Å²) in [6.07, 6.45) is 11.8. The van der Waals surface area contributed by atoms with Crippen molar-refractivity contribution in [3.8, 4) is 17.2 Å². The number of allylic oxidation sites excluding steroid dienone is 1. The number of hydrogen-bond donors (Lipinski definition) is 3. The maximum absolute atomic E-state index is 11.8. The lowest BCUT2D eigenvalue weighted by atomic mass is 9.56. The van der Waals surface area contributed by atoms with Gasteiger partial charge in [0.2, 0.25) is 11.7 Å². The molecule has 0 radical (unpaired) electrons. The van der Waals surface area contributed by atoms with Crippen LogP contribution < -0.4 is 14.8 Å². The van der Waals surface area contributed by atoms with Crippen molar-refractivity contribution in [3.05, 3.63) is 96.6 Å². The van der Waals surface area contributed by atoms with Crippen molar-refractivity contribution in [1.82, 2.24) is 0 Å². The van der Waals surface area contributed by atoms with Gasteiger partial charge in [0.05, 0.1) is 23.5 Å². The Balaban J connectivity index is 1.52. The van der Waals surface area contributed by atoms with Crippen molar-refractivity contribution >= 4 is 40.8 Å². The minimum absolute atomic E-state index is 0.0498. The fraction of sp³-hybridized carbons (Fsp3) is 0.455. The molecular weight excluding hydrogens is 733 g/mol. The number of oxime groups is 1. The zero-order chi connectivity index (χ0) is 38.8. The van der Waals surface area contributed by atoms with Gasteiger partial charge in [-0.25, -0.2) is 0 Å². The van der Waals surface area contributed by atoms with Crippen molar-refractivity contribution in [1.29, 1.82) is 0 Å². The summed E-state index contributed by atoms with van der Waals surface area (Å²) in [5, 5.41) is 27.1. The van der Waals surface area contributed by atoms with Gasteiger partial charge in [-0.2, -0.15) is 0 Å². The van der Waals surface area contributed by atoms with Gasteiger partial charge >= 0.3 is 0 Å². The third-order valence-corrected chi connectivity index (χ3v) is 12.7. The summed E-state index contributed by atoms with van der Waals surface area (Å²) in [7, 11) is 0. The molecule has 9 nitrogen and oxygen atoms in total. The van der Waals surface area contributed by atoms with E-state index in [2.05, 4.69) is 42.4 Å². The second-order valence-electron chi connectivity index (χ2n) is 14.3. The number of thioether (sulfide) groups is 2. The molecule has 55 heavy (non-hydrogen) atoms. The number of anilines is 1. The van der Waals surface area contributed by atoms with E-state index in [1.54, 1.807) is 29.6 Å². The molecule has 1 saturated carbocycles. The number of hydrogen-bond acceptors (Lipinski definition) is 10. The van der Waals surface area contributed by atoms with Crippen molar-refractivity contribution < 1.29 is 34.1 Å². The molecular formula is C44H54N2O7S2. The van der Waals surface area contributed by atoms with Crippen LogP contribution in [0, 0.1) is 17.8 Å². The standard InChI is InChI=1S/C44H54N2O7S2/c1-5-25-50-44-41(55-35-18-13-31(14-19-35)45-29(3)49)28-39(46-51-6-2)37-26-30(11-7-9-23-47)36(12-8-10-24-48)42(43(37)44)38-27-33(17-22-40(38)53-44)52-32-15-20-34(54-4)21-16-32/h5,13-22,26-27,30,36,41-43,47-48H,1,6-12,23-25,28H2,2-4H3,(H,45,49). The molecule has 11 heteroatoms.